The minimum atomic E-state index is -3.04. The lowest BCUT2D eigenvalue weighted by Gasteiger charge is -2.14. The normalized spacial score (nSPS) is 17.3. The van der Waals surface area contributed by atoms with Crippen LogP contribution in [0.25, 0.3) is 0 Å². The van der Waals surface area contributed by atoms with E-state index in [9.17, 15) is 8.42 Å². The number of aromatic nitrogens is 1. The van der Waals surface area contributed by atoms with Gasteiger partial charge in [0.1, 0.15) is 0 Å². The first-order chi connectivity index (χ1) is 11.1. The molecule has 1 saturated heterocycles. The number of nitrogens with zero attached hydrogens (tertiary/aromatic N) is 3. The molecule has 1 aromatic rings. The van der Waals surface area contributed by atoms with Crippen LogP contribution in [-0.2, 0) is 16.4 Å². The van der Waals surface area contributed by atoms with Gasteiger partial charge in [0.05, 0.1) is 12.3 Å². The maximum absolute atomic E-state index is 11.7. The Labute approximate surface area is 161 Å². The van der Waals surface area contributed by atoms with Crippen LogP contribution >= 0.6 is 24.0 Å². The largest absolute Gasteiger partial charge is 0.357 e. The highest BCUT2D eigenvalue weighted by atomic mass is 127. The van der Waals surface area contributed by atoms with Crippen molar-refractivity contribution >= 4 is 40.0 Å². The third kappa shape index (κ3) is 6.89. The molecule has 0 bridgehead atoms. The van der Waals surface area contributed by atoms with E-state index in [1.54, 1.807) is 6.20 Å². The summed E-state index contributed by atoms with van der Waals surface area (Å²) in [5.74, 6) is 0.971. The van der Waals surface area contributed by atoms with Crippen molar-refractivity contribution in [2.45, 2.75) is 19.8 Å². The Balaban J connectivity index is 0.00000288. The van der Waals surface area contributed by atoms with Crippen LogP contribution < -0.4 is 10.6 Å². The highest BCUT2D eigenvalue weighted by molar-refractivity contribution is 14.0. The molecule has 0 spiro atoms. The highest BCUT2D eigenvalue weighted by Gasteiger charge is 2.27. The van der Waals surface area contributed by atoms with Crippen molar-refractivity contribution in [3.8, 4) is 0 Å². The number of rotatable bonds is 7. The fourth-order valence-electron chi connectivity index (χ4n) is 2.41. The van der Waals surface area contributed by atoms with Crippen molar-refractivity contribution in [1.29, 1.82) is 0 Å². The van der Waals surface area contributed by atoms with E-state index in [0.717, 1.165) is 25.2 Å². The predicted octanol–water partition coefficient (Wildman–Crippen LogP) is 0.833. The monoisotopic (exact) mass is 467 g/mol. The van der Waals surface area contributed by atoms with E-state index in [2.05, 4.69) is 20.6 Å². The summed E-state index contributed by atoms with van der Waals surface area (Å²) in [5, 5.41) is 6.41. The summed E-state index contributed by atoms with van der Waals surface area (Å²) >= 11 is 0. The van der Waals surface area contributed by atoms with Gasteiger partial charge in [0.15, 0.2) is 5.96 Å². The Kier molecular flexibility index (Phi) is 9.52. The van der Waals surface area contributed by atoms with Gasteiger partial charge < -0.3 is 10.6 Å². The number of hydrogen-bond donors (Lipinski definition) is 2. The molecular weight excluding hydrogens is 441 g/mol. The summed E-state index contributed by atoms with van der Waals surface area (Å²) in [7, 11) is -3.04. The number of nitrogens with one attached hydrogen (secondary N) is 2. The SMILES string of the molecule is CCNC(=NCCN1CCCS1(=O)=O)NCCc1ccccn1.I. The van der Waals surface area contributed by atoms with Crippen LogP contribution in [0, 0.1) is 0 Å². The molecule has 1 aliphatic rings. The molecule has 0 amide bonds. The minimum absolute atomic E-state index is 0. The van der Waals surface area contributed by atoms with Gasteiger partial charge in [-0.25, -0.2) is 12.7 Å². The van der Waals surface area contributed by atoms with Crippen LogP contribution in [-0.4, -0.2) is 62.1 Å². The van der Waals surface area contributed by atoms with E-state index in [1.807, 2.05) is 25.1 Å². The first kappa shape index (κ1) is 21.1. The van der Waals surface area contributed by atoms with Gasteiger partial charge in [-0.05, 0) is 25.5 Å². The number of aliphatic imine (C=N–C) groups is 1. The fraction of sp³-hybridized carbons (Fsp3) is 0.600. The van der Waals surface area contributed by atoms with Crippen molar-refractivity contribution < 1.29 is 8.42 Å². The van der Waals surface area contributed by atoms with Crippen molar-refractivity contribution in [3.63, 3.8) is 0 Å². The number of guanidine groups is 1. The number of pyridine rings is 1. The molecule has 0 saturated carbocycles. The second kappa shape index (κ2) is 10.8. The molecule has 7 nitrogen and oxygen atoms in total. The molecule has 0 unspecified atom stereocenters. The molecule has 1 aromatic heterocycles. The number of halogens is 1. The first-order valence-electron chi connectivity index (χ1n) is 8.02. The first-order valence-corrected chi connectivity index (χ1v) is 9.62. The third-order valence-electron chi connectivity index (χ3n) is 3.57. The van der Waals surface area contributed by atoms with Gasteiger partial charge in [0.25, 0.3) is 0 Å². The summed E-state index contributed by atoms with van der Waals surface area (Å²) in [6, 6.07) is 5.86. The minimum Gasteiger partial charge on any atom is -0.357 e. The van der Waals surface area contributed by atoms with Crippen molar-refractivity contribution in [2.75, 3.05) is 38.5 Å². The molecule has 0 aromatic carbocycles. The Morgan fingerprint density at radius 1 is 1.38 bits per heavy atom. The van der Waals surface area contributed by atoms with Gasteiger partial charge in [0, 0.05) is 44.5 Å². The molecule has 1 fully saturated rings. The lowest BCUT2D eigenvalue weighted by molar-refractivity contribution is 0.452. The van der Waals surface area contributed by atoms with Gasteiger partial charge in [-0.3, -0.25) is 9.98 Å². The van der Waals surface area contributed by atoms with E-state index in [-0.39, 0.29) is 29.7 Å². The highest BCUT2D eigenvalue weighted by Crippen LogP contribution is 2.12. The summed E-state index contributed by atoms with van der Waals surface area (Å²) in [6.07, 6.45) is 3.31. The Bertz CT molecular complexity index is 610. The van der Waals surface area contributed by atoms with Crippen LogP contribution in [0.2, 0.25) is 0 Å². The molecule has 0 radical (unpaired) electrons. The van der Waals surface area contributed by atoms with Crippen molar-refractivity contribution in [1.82, 2.24) is 19.9 Å². The van der Waals surface area contributed by atoms with Crippen molar-refractivity contribution in [2.24, 2.45) is 4.99 Å². The summed E-state index contributed by atoms with van der Waals surface area (Å²) in [4.78, 5) is 8.72. The molecular formula is C15H26IN5O2S. The average molecular weight is 467 g/mol. The predicted molar refractivity (Wildman–Crippen MR) is 107 cm³/mol. The van der Waals surface area contributed by atoms with Gasteiger partial charge in [-0.15, -0.1) is 24.0 Å². The van der Waals surface area contributed by atoms with Crippen LogP contribution in [0.1, 0.15) is 19.0 Å². The Morgan fingerprint density at radius 2 is 2.21 bits per heavy atom. The van der Waals surface area contributed by atoms with Crippen LogP contribution in [0.5, 0.6) is 0 Å². The van der Waals surface area contributed by atoms with Crippen molar-refractivity contribution in [3.05, 3.63) is 30.1 Å². The topological polar surface area (TPSA) is 86.7 Å². The maximum atomic E-state index is 11.7. The van der Waals surface area contributed by atoms with Crippen LogP contribution in [0.3, 0.4) is 0 Å². The molecule has 2 rings (SSSR count). The quantitative estimate of drug-likeness (QED) is 0.353. The fourth-order valence-corrected chi connectivity index (χ4v) is 3.93. The lowest BCUT2D eigenvalue weighted by Crippen LogP contribution is -2.39. The third-order valence-corrected chi connectivity index (χ3v) is 5.52. The summed E-state index contributed by atoms with van der Waals surface area (Å²) in [6.45, 7) is 5.00. The summed E-state index contributed by atoms with van der Waals surface area (Å²) < 4.78 is 25.0. The molecule has 9 heteroatoms. The smallest absolute Gasteiger partial charge is 0.214 e. The van der Waals surface area contributed by atoms with E-state index < -0.39 is 10.0 Å². The Morgan fingerprint density at radius 3 is 2.83 bits per heavy atom. The van der Waals surface area contributed by atoms with Gasteiger partial charge in [0.2, 0.25) is 10.0 Å². The molecule has 2 N–H and O–H groups in total. The van der Waals surface area contributed by atoms with Gasteiger partial charge in [-0.2, -0.15) is 0 Å². The summed E-state index contributed by atoms with van der Waals surface area (Å²) in [5.41, 5.74) is 1.03. The van der Waals surface area contributed by atoms with E-state index in [4.69, 9.17) is 0 Å². The molecule has 24 heavy (non-hydrogen) atoms. The molecule has 0 aliphatic carbocycles. The van der Waals surface area contributed by atoms with Gasteiger partial charge >= 0.3 is 0 Å². The zero-order chi connectivity index (χ0) is 16.5. The average Bonchev–Trinajstić information content (AvgIpc) is 2.87. The Hall–Kier alpha value is -0.940. The lowest BCUT2D eigenvalue weighted by atomic mass is 10.3. The van der Waals surface area contributed by atoms with E-state index in [0.29, 0.717) is 32.0 Å². The van der Waals surface area contributed by atoms with Crippen LogP contribution in [0.4, 0.5) is 0 Å². The zero-order valence-corrected chi connectivity index (χ0v) is 17.1. The molecule has 2 heterocycles. The van der Waals surface area contributed by atoms with Gasteiger partial charge in [-0.1, -0.05) is 6.07 Å². The van der Waals surface area contributed by atoms with E-state index >= 15 is 0 Å². The molecule has 0 atom stereocenters. The second-order valence-electron chi connectivity index (χ2n) is 5.33. The molecule has 1 aliphatic heterocycles. The maximum Gasteiger partial charge on any atom is 0.214 e. The zero-order valence-electron chi connectivity index (χ0n) is 13.9. The van der Waals surface area contributed by atoms with Crippen LogP contribution in [0.15, 0.2) is 29.4 Å². The standard InChI is InChI=1S/C15H25N5O2S.HI/c1-2-16-15(18-9-7-14-6-3-4-8-17-14)19-10-12-20-11-5-13-23(20,21)22;/h3-4,6,8H,2,5,7,9-13H2,1H3,(H2,16,18,19);1H. The number of hydrogen-bond acceptors (Lipinski definition) is 4. The second-order valence-corrected chi connectivity index (χ2v) is 7.42. The van der Waals surface area contributed by atoms with E-state index in [1.165, 1.54) is 4.31 Å². The molecule has 136 valence electrons. The number of sulfonamides is 1.